The van der Waals surface area contributed by atoms with Gasteiger partial charge in [-0.3, -0.25) is 0 Å². The van der Waals surface area contributed by atoms with Gasteiger partial charge >= 0.3 is 0 Å². The van der Waals surface area contributed by atoms with Gasteiger partial charge in [0.05, 0.1) is 5.69 Å². The van der Waals surface area contributed by atoms with Crippen LogP contribution in [0.1, 0.15) is 0 Å². The van der Waals surface area contributed by atoms with E-state index >= 15 is 0 Å². The Hall–Kier alpha value is -2.62. The molecule has 0 saturated carbocycles. The van der Waals surface area contributed by atoms with E-state index in [2.05, 4.69) is 5.10 Å². The maximum atomic E-state index is 12.9. The molecule has 3 aromatic rings. The number of rotatable bonds is 2. The summed E-state index contributed by atoms with van der Waals surface area (Å²) in [6.07, 6.45) is 1.76. The predicted octanol–water partition coefficient (Wildman–Crippen LogP) is 3.38. The van der Waals surface area contributed by atoms with Gasteiger partial charge in [-0.1, -0.05) is 12.1 Å². The Morgan fingerprint density at radius 2 is 1.68 bits per heavy atom. The van der Waals surface area contributed by atoms with Crippen LogP contribution >= 0.6 is 0 Å². The highest BCUT2D eigenvalue weighted by molar-refractivity contribution is 5.59. The van der Waals surface area contributed by atoms with Crippen LogP contribution in [0.25, 0.3) is 16.9 Å². The largest absolute Gasteiger partial charge is 0.506 e. The second kappa shape index (κ2) is 4.57. The Bertz CT molecular complexity index is 704. The third-order valence-corrected chi connectivity index (χ3v) is 2.86. The first-order valence-corrected chi connectivity index (χ1v) is 5.84. The molecule has 3 nitrogen and oxygen atoms in total. The Kier molecular flexibility index (Phi) is 2.76. The molecule has 0 saturated heterocycles. The molecule has 0 aliphatic heterocycles. The summed E-state index contributed by atoms with van der Waals surface area (Å²) in [5.41, 5.74) is 2.16. The number of benzene rings is 2. The van der Waals surface area contributed by atoms with Crippen LogP contribution in [0.2, 0.25) is 0 Å². The van der Waals surface area contributed by atoms with Crippen molar-refractivity contribution in [1.82, 2.24) is 9.78 Å². The van der Waals surface area contributed by atoms with Crippen LogP contribution in [0, 0.1) is 5.82 Å². The topological polar surface area (TPSA) is 38.0 Å². The molecule has 0 aliphatic rings. The van der Waals surface area contributed by atoms with E-state index in [-0.39, 0.29) is 11.6 Å². The van der Waals surface area contributed by atoms with E-state index in [1.165, 1.54) is 12.1 Å². The fraction of sp³-hybridized carbons (Fsp3) is 0. The molecule has 0 bridgehead atoms. The molecule has 4 heteroatoms. The van der Waals surface area contributed by atoms with Gasteiger partial charge in [0.25, 0.3) is 0 Å². The third-order valence-electron chi connectivity index (χ3n) is 2.86. The molecule has 0 radical (unpaired) electrons. The number of aromatic nitrogens is 2. The first-order chi connectivity index (χ1) is 9.24. The number of hydrogen-bond donors (Lipinski definition) is 1. The van der Waals surface area contributed by atoms with E-state index in [1.54, 1.807) is 41.2 Å². The average molecular weight is 254 g/mol. The Morgan fingerprint density at radius 1 is 0.947 bits per heavy atom. The maximum absolute atomic E-state index is 12.9. The monoisotopic (exact) mass is 254 g/mol. The number of nitrogens with zero attached hydrogens (tertiary/aromatic N) is 2. The molecule has 0 fully saturated rings. The van der Waals surface area contributed by atoms with Crippen molar-refractivity contribution in [2.75, 3.05) is 0 Å². The van der Waals surface area contributed by atoms with E-state index in [9.17, 15) is 9.50 Å². The van der Waals surface area contributed by atoms with E-state index in [0.717, 1.165) is 11.3 Å². The van der Waals surface area contributed by atoms with Gasteiger partial charge in [0.15, 0.2) is 0 Å². The smallest absolute Gasteiger partial charge is 0.141 e. The zero-order chi connectivity index (χ0) is 13.2. The summed E-state index contributed by atoms with van der Waals surface area (Å²) in [6, 6.07) is 14.9. The zero-order valence-corrected chi connectivity index (χ0v) is 9.99. The number of halogens is 1. The summed E-state index contributed by atoms with van der Waals surface area (Å²) in [7, 11) is 0. The van der Waals surface area contributed by atoms with Crippen molar-refractivity contribution in [2.45, 2.75) is 0 Å². The molecule has 1 aromatic heterocycles. The van der Waals surface area contributed by atoms with Gasteiger partial charge in [0, 0.05) is 11.8 Å². The fourth-order valence-electron chi connectivity index (χ4n) is 1.89. The van der Waals surface area contributed by atoms with Crippen LogP contribution < -0.4 is 0 Å². The number of hydrogen-bond acceptors (Lipinski definition) is 2. The van der Waals surface area contributed by atoms with Crippen molar-refractivity contribution < 1.29 is 9.50 Å². The van der Waals surface area contributed by atoms with Gasteiger partial charge in [-0.05, 0) is 42.5 Å². The maximum Gasteiger partial charge on any atom is 0.141 e. The molecular formula is C15H11FN2O. The first kappa shape index (κ1) is 11.5. The molecule has 0 aliphatic carbocycles. The SMILES string of the molecule is Oc1ccccc1-n1ccc(-c2ccc(F)cc2)n1. The Balaban J connectivity index is 2.00. The third kappa shape index (κ3) is 2.20. The fourth-order valence-corrected chi connectivity index (χ4v) is 1.89. The van der Waals surface area contributed by atoms with E-state index < -0.39 is 0 Å². The molecule has 0 atom stereocenters. The van der Waals surface area contributed by atoms with Gasteiger partial charge in [0.2, 0.25) is 0 Å². The summed E-state index contributed by atoms with van der Waals surface area (Å²) < 4.78 is 14.5. The van der Waals surface area contributed by atoms with E-state index in [0.29, 0.717) is 5.69 Å². The second-order valence-corrected chi connectivity index (χ2v) is 4.14. The van der Waals surface area contributed by atoms with Crippen molar-refractivity contribution in [3.05, 3.63) is 66.6 Å². The molecule has 0 unspecified atom stereocenters. The van der Waals surface area contributed by atoms with Gasteiger partial charge in [-0.15, -0.1) is 0 Å². The molecular weight excluding hydrogens is 243 g/mol. The van der Waals surface area contributed by atoms with Crippen molar-refractivity contribution >= 4 is 0 Å². The number of aromatic hydroxyl groups is 1. The zero-order valence-electron chi connectivity index (χ0n) is 9.99. The highest BCUT2D eigenvalue weighted by Gasteiger charge is 2.06. The lowest BCUT2D eigenvalue weighted by atomic mass is 10.1. The molecule has 0 spiro atoms. The van der Waals surface area contributed by atoms with E-state index in [1.807, 2.05) is 12.1 Å². The van der Waals surface area contributed by atoms with Crippen LogP contribution in [0.5, 0.6) is 5.75 Å². The van der Waals surface area contributed by atoms with Crippen molar-refractivity contribution in [3.63, 3.8) is 0 Å². The minimum atomic E-state index is -0.274. The number of phenolic OH excluding ortho intramolecular Hbond substituents is 1. The molecule has 0 amide bonds. The highest BCUT2D eigenvalue weighted by atomic mass is 19.1. The molecule has 1 heterocycles. The Morgan fingerprint density at radius 3 is 2.42 bits per heavy atom. The van der Waals surface area contributed by atoms with Crippen LogP contribution in [0.3, 0.4) is 0 Å². The van der Waals surface area contributed by atoms with Crippen LogP contribution in [0.4, 0.5) is 4.39 Å². The minimum absolute atomic E-state index is 0.163. The Labute approximate surface area is 109 Å². The van der Waals surface area contributed by atoms with Crippen molar-refractivity contribution in [3.8, 4) is 22.7 Å². The van der Waals surface area contributed by atoms with Gasteiger partial charge in [-0.2, -0.15) is 5.10 Å². The number of para-hydroxylation sites is 2. The minimum Gasteiger partial charge on any atom is -0.506 e. The summed E-state index contributed by atoms with van der Waals surface area (Å²) in [6.45, 7) is 0. The first-order valence-electron chi connectivity index (χ1n) is 5.84. The molecule has 2 aromatic carbocycles. The van der Waals surface area contributed by atoms with Gasteiger partial charge in [-0.25, -0.2) is 9.07 Å². The molecule has 19 heavy (non-hydrogen) atoms. The highest BCUT2D eigenvalue weighted by Crippen LogP contribution is 2.23. The lowest BCUT2D eigenvalue weighted by Gasteiger charge is -2.03. The summed E-state index contributed by atoms with van der Waals surface area (Å²) in [4.78, 5) is 0. The second-order valence-electron chi connectivity index (χ2n) is 4.14. The van der Waals surface area contributed by atoms with Gasteiger partial charge in [0.1, 0.15) is 17.3 Å². The lowest BCUT2D eigenvalue weighted by Crippen LogP contribution is -1.95. The standard InChI is InChI=1S/C15H11FN2O/c16-12-7-5-11(6-8-12)13-9-10-18(17-13)14-3-1-2-4-15(14)19/h1-10,19H. The van der Waals surface area contributed by atoms with Crippen LogP contribution in [-0.2, 0) is 0 Å². The molecule has 1 N–H and O–H groups in total. The summed E-state index contributed by atoms with van der Waals surface area (Å²) >= 11 is 0. The molecule has 94 valence electrons. The van der Waals surface area contributed by atoms with Gasteiger partial charge < -0.3 is 5.11 Å². The predicted molar refractivity (Wildman–Crippen MR) is 70.6 cm³/mol. The summed E-state index contributed by atoms with van der Waals surface area (Å²) in [5, 5.41) is 14.1. The van der Waals surface area contributed by atoms with E-state index in [4.69, 9.17) is 0 Å². The van der Waals surface area contributed by atoms with Crippen LogP contribution in [0.15, 0.2) is 60.8 Å². The lowest BCUT2D eigenvalue weighted by molar-refractivity contribution is 0.470. The quantitative estimate of drug-likeness (QED) is 0.761. The van der Waals surface area contributed by atoms with Crippen molar-refractivity contribution in [2.24, 2.45) is 0 Å². The summed E-state index contributed by atoms with van der Waals surface area (Å²) in [5.74, 6) is -0.111. The van der Waals surface area contributed by atoms with Crippen molar-refractivity contribution in [1.29, 1.82) is 0 Å². The number of phenols is 1. The average Bonchev–Trinajstić information content (AvgIpc) is 2.89. The van der Waals surface area contributed by atoms with Crippen LogP contribution in [-0.4, -0.2) is 14.9 Å². The normalized spacial score (nSPS) is 10.6. The molecule has 3 rings (SSSR count).